The molecular formula is C15H15F2N5. The topological polar surface area (TPSA) is 48.5 Å². The maximum absolute atomic E-state index is 13.7. The number of rotatable bonds is 5. The molecule has 0 atom stereocenters. The van der Waals surface area contributed by atoms with Crippen molar-refractivity contribution in [1.82, 2.24) is 24.5 Å². The van der Waals surface area contributed by atoms with Crippen molar-refractivity contribution < 1.29 is 8.78 Å². The van der Waals surface area contributed by atoms with Gasteiger partial charge in [0.1, 0.15) is 23.2 Å². The molecule has 0 saturated carbocycles. The van der Waals surface area contributed by atoms with Crippen LogP contribution in [0, 0.1) is 18.6 Å². The van der Waals surface area contributed by atoms with Crippen LogP contribution in [0.1, 0.15) is 12.2 Å². The molecule has 0 aliphatic carbocycles. The van der Waals surface area contributed by atoms with Crippen molar-refractivity contribution in [2.75, 3.05) is 0 Å². The Bertz CT molecular complexity index is 778. The zero-order valence-corrected chi connectivity index (χ0v) is 12.1. The second-order valence-electron chi connectivity index (χ2n) is 5.01. The summed E-state index contributed by atoms with van der Waals surface area (Å²) in [4.78, 5) is 4.16. The summed E-state index contributed by atoms with van der Waals surface area (Å²) in [6.45, 7) is 3.40. The highest BCUT2D eigenvalue weighted by Gasteiger charge is 2.10. The van der Waals surface area contributed by atoms with Gasteiger partial charge < -0.3 is 4.57 Å². The van der Waals surface area contributed by atoms with E-state index < -0.39 is 11.6 Å². The Labute approximate surface area is 126 Å². The van der Waals surface area contributed by atoms with Crippen LogP contribution in [0.25, 0.3) is 11.3 Å². The van der Waals surface area contributed by atoms with Gasteiger partial charge in [-0.2, -0.15) is 0 Å². The molecule has 114 valence electrons. The van der Waals surface area contributed by atoms with Crippen LogP contribution < -0.4 is 0 Å². The predicted octanol–water partition coefficient (Wildman–Crippen LogP) is 2.82. The molecule has 0 unspecified atom stereocenters. The van der Waals surface area contributed by atoms with Gasteiger partial charge in [-0.05, 0) is 31.5 Å². The molecule has 0 amide bonds. The molecule has 0 fully saturated rings. The lowest BCUT2D eigenvalue weighted by Crippen LogP contribution is -2.05. The van der Waals surface area contributed by atoms with Crippen molar-refractivity contribution in [2.24, 2.45) is 0 Å². The van der Waals surface area contributed by atoms with Gasteiger partial charge in [0.2, 0.25) is 0 Å². The Hall–Kier alpha value is -2.57. The van der Waals surface area contributed by atoms with Gasteiger partial charge in [-0.25, -0.2) is 13.8 Å². The van der Waals surface area contributed by atoms with Crippen LogP contribution in [-0.4, -0.2) is 24.5 Å². The fourth-order valence-corrected chi connectivity index (χ4v) is 2.27. The van der Waals surface area contributed by atoms with Crippen molar-refractivity contribution in [1.29, 1.82) is 0 Å². The average Bonchev–Trinajstić information content (AvgIpc) is 3.12. The van der Waals surface area contributed by atoms with E-state index in [1.54, 1.807) is 17.1 Å². The van der Waals surface area contributed by atoms with Crippen molar-refractivity contribution >= 4 is 0 Å². The summed E-state index contributed by atoms with van der Waals surface area (Å²) in [5.41, 5.74) is 0.451. The molecule has 0 radical (unpaired) electrons. The van der Waals surface area contributed by atoms with Gasteiger partial charge in [-0.1, -0.05) is 5.21 Å². The quantitative estimate of drug-likeness (QED) is 0.728. The van der Waals surface area contributed by atoms with Gasteiger partial charge in [0.15, 0.2) is 0 Å². The summed E-state index contributed by atoms with van der Waals surface area (Å²) in [7, 11) is 0. The Balaban J connectivity index is 1.66. The summed E-state index contributed by atoms with van der Waals surface area (Å²) in [5.74, 6) is -0.0508. The molecule has 3 rings (SSSR count). The smallest absolute Gasteiger partial charge is 0.132 e. The van der Waals surface area contributed by atoms with Crippen LogP contribution in [0.2, 0.25) is 0 Å². The molecule has 2 heterocycles. The fourth-order valence-electron chi connectivity index (χ4n) is 2.27. The van der Waals surface area contributed by atoms with Crippen LogP contribution in [-0.2, 0) is 13.1 Å². The van der Waals surface area contributed by atoms with E-state index in [1.165, 1.54) is 0 Å². The second kappa shape index (κ2) is 6.05. The molecule has 0 saturated heterocycles. The van der Waals surface area contributed by atoms with Crippen LogP contribution >= 0.6 is 0 Å². The van der Waals surface area contributed by atoms with Crippen LogP contribution in [0.5, 0.6) is 0 Å². The summed E-state index contributed by atoms with van der Waals surface area (Å²) in [5, 5.41) is 7.87. The Morgan fingerprint density at radius 2 is 2.05 bits per heavy atom. The number of aromatic nitrogens is 5. The minimum atomic E-state index is -0.512. The molecule has 22 heavy (non-hydrogen) atoms. The maximum atomic E-state index is 13.7. The molecule has 1 aromatic carbocycles. The Kier molecular flexibility index (Phi) is 3.95. The molecule has 5 nitrogen and oxygen atoms in total. The lowest BCUT2D eigenvalue weighted by Gasteiger charge is -2.04. The molecule has 0 aliphatic rings. The largest absolute Gasteiger partial charge is 0.335 e. The highest BCUT2D eigenvalue weighted by molar-refractivity contribution is 5.58. The van der Waals surface area contributed by atoms with Crippen molar-refractivity contribution in [2.45, 2.75) is 26.4 Å². The van der Waals surface area contributed by atoms with Gasteiger partial charge in [-0.3, -0.25) is 4.68 Å². The summed E-state index contributed by atoms with van der Waals surface area (Å²) < 4.78 is 30.6. The first-order valence-corrected chi connectivity index (χ1v) is 6.97. The summed E-state index contributed by atoms with van der Waals surface area (Å²) >= 11 is 0. The zero-order valence-electron chi connectivity index (χ0n) is 12.1. The Morgan fingerprint density at radius 3 is 2.82 bits per heavy atom. The number of hydrogen-bond acceptors (Lipinski definition) is 3. The van der Waals surface area contributed by atoms with Crippen molar-refractivity contribution in [3.05, 3.63) is 54.2 Å². The van der Waals surface area contributed by atoms with Gasteiger partial charge in [0.05, 0.1) is 6.20 Å². The number of hydrogen-bond donors (Lipinski definition) is 0. The third kappa shape index (κ3) is 3.03. The van der Waals surface area contributed by atoms with E-state index in [-0.39, 0.29) is 5.56 Å². The lowest BCUT2D eigenvalue weighted by molar-refractivity contribution is 0.510. The molecule has 2 aromatic heterocycles. The number of nitrogens with zero attached hydrogens (tertiary/aromatic N) is 5. The molecule has 0 spiro atoms. The second-order valence-corrected chi connectivity index (χ2v) is 5.01. The van der Waals surface area contributed by atoms with E-state index in [4.69, 9.17) is 0 Å². The van der Waals surface area contributed by atoms with E-state index in [9.17, 15) is 8.78 Å². The normalized spacial score (nSPS) is 11.0. The first-order valence-electron chi connectivity index (χ1n) is 6.97. The molecular weight excluding hydrogens is 288 g/mol. The summed E-state index contributed by atoms with van der Waals surface area (Å²) in [6, 6.07) is 3.29. The van der Waals surface area contributed by atoms with E-state index in [1.807, 2.05) is 17.7 Å². The standard InChI is InChI=1S/C15H15F2N5/c1-11-18-5-8-21(11)6-2-7-22-10-15(19-20-22)13-9-12(16)3-4-14(13)17/h3-5,8-10H,2,6-7H2,1H3. The molecule has 0 N–H and O–H groups in total. The SMILES string of the molecule is Cc1nccn1CCCn1cc(-c2cc(F)ccc2F)nn1. The first kappa shape index (κ1) is 14.4. The highest BCUT2D eigenvalue weighted by Crippen LogP contribution is 2.21. The van der Waals surface area contributed by atoms with E-state index >= 15 is 0 Å². The minimum Gasteiger partial charge on any atom is -0.335 e. The van der Waals surface area contributed by atoms with Gasteiger partial charge in [0, 0.05) is 31.0 Å². The number of benzene rings is 1. The summed E-state index contributed by atoms with van der Waals surface area (Å²) in [6.07, 6.45) is 6.14. The van der Waals surface area contributed by atoms with Crippen LogP contribution in [0.15, 0.2) is 36.8 Å². The molecule has 3 aromatic rings. The van der Waals surface area contributed by atoms with Crippen LogP contribution in [0.4, 0.5) is 8.78 Å². The van der Waals surface area contributed by atoms with Crippen LogP contribution in [0.3, 0.4) is 0 Å². The maximum Gasteiger partial charge on any atom is 0.132 e. The predicted molar refractivity (Wildman–Crippen MR) is 77.0 cm³/mol. The average molecular weight is 303 g/mol. The number of aryl methyl sites for hydroxylation is 3. The molecule has 7 heteroatoms. The monoisotopic (exact) mass is 303 g/mol. The molecule has 0 aliphatic heterocycles. The third-order valence-corrected chi connectivity index (χ3v) is 3.45. The van der Waals surface area contributed by atoms with E-state index in [0.717, 1.165) is 37.0 Å². The highest BCUT2D eigenvalue weighted by atomic mass is 19.1. The van der Waals surface area contributed by atoms with E-state index in [2.05, 4.69) is 15.3 Å². The fraction of sp³-hybridized carbons (Fsp3) is 0.267. The Morgan fingerprint density at radius 1 is 1.18 bits per heavy atom. The lowest BCUT2D eigenvalue weighted by atomic mass is 10.1. The zero-order chi connectivity index (χ0) is 15.5. The van der Waals surface area contributed by atoms with Gasteiger partial charge >= 0.3 is 0 Å². The van der Waals surface area contributed by atoms with Gasteiger partial charge in [0.25, 0.3) is 0 Å². The number of imidazole rings is 1. The molecule has 0 bridgehead atoms. The third-order valence-electron chi connectivity index (χ3n) is 3.45. The van der Waals surface area contributed by atoms with Gasteiger partial charge in [-0.15, -0.1) is 5.10 Å². The minimum absolute atomic E-state index is 0.122. The first-order chi connectivity index (χ1) is 10.6. The van der Waals surface area contributed by atoms with E-state index in [0.29, 0.717) is 12.2 Å². The van der Waals surface area contributed by atoms with Crippen molar-refractivity contribution in [3.8, 4) is 11.3 Å². The number of halogens is 2. The van der Waals surface area contributed by atoms with Crippen molar-refractivity contribution in [3.63, 3.8) is 0 Å².